The number of hydrogen-bond donors (Lipinski definition) is 0. The Bertz CT molecular complexity index is 775. The molecule has 8 heteroatoms. The van der Waals surface area contributed by atoms with E-state index in [1.807, 2.05) is 26.0 Å². The molecule has 1 saturated heterocycles. The second-order valence-corrected chi connectivity index (χ2v) is 7.17. The molecule has 2 aromatic heterocycles. The van der Waals surface area contributed by atoms with Crippen molar-refractivity contribution < 1.29 is 9.59 Å². The quantitative estimate of drug-likeness (QED) is 0.840. The van der Waals surface area contributed by atoms with Gasteiger partial charge in [-0.25, -0.2) is 0 Å². The molecule has 24 heavy (non-hydrogen) atoms. The minimum absolute atomic E-state index is 0.0263. The van der Waals surface area contributed by atoms with Crippen molar-refractivity contribution in [1.29, 1.82) is 0 Å². The Hall–Kier alpha value is -2.35. The van der Waals surface area contributed by atoms with Gasteiger partial charge in [0.1, 0.15) is 5.01 Å². The third-order valence-corrected chi connectivity index (χ3v) is 4.84. The first-order chi connectivity index (χ1) is 11.4. The van der Waals surface area contributed by atoms with E-state index in [4.69, 9.17) is 0 Å². The number of nitrogens with zero attached hydrogens (tertiary/aromatic N) is 5. The van der Waals surface area contributed by atoms with Gasteiger partial charge >= 0.3 is 0 Å². The number of amides is 2. The molecule has 0 spiro atoms. The first-order valence-electron chi connectivity index (χ1n) is 7.71. The average molecular weight is 345 g/mol. The summed E-state index contributed by atoms with van der Waals surface area (Å²) < 4.78 is 0. The summed E-state index contributed by atoms with van der Waals surface area (Å²) in [5, 5.41) is 9.32. The lowest BCUT2D eigenvalue weighted by Gasteiger charge is -2.21. The zero-order valence-corrected chi connectivity index (χ0v) is 14.7. The van der Waals surface area contributed by atoms with Crippen LogP contribution < -0.4 is 4.90 Å². The summed E-state index contributed by atoms with van der Waals surface area (Å²) in [6.07, 6.45) is 1.96. The molecule has 126 valence electrons. The molecule has 3 rings (SSSR count). The summed E-state index contributed by atoms with van der Waals surface area (Å²) in [5.41, 5.74) is 1.95. The Morgan fingerprint density at radius 3 is 2.88 bits per heavy atom. The number of carbonyl (C=O) groups is 2. The second kappa shape index (κ2) is 6.64. The number of aromatic nitrogens is 3. The molecule has 0 aliphatic carbocycles. The molecule has 1 atom stereocenters. The minimum Gasteiger partial charge on any atom is -0.341 e. The Morgan fingerprint density at radius 2 is 2.21 bits per heavy atom. The highest BCUT2D eigenvalue weighted by atomic mass is 32.1. The van der Waals surface area contributed by atoms with Gasteiger partial charge in [-0.3, -0.25) is 19.5 Å². The molecule has 2 amide bonds. The van der Waals surface area contributed by atoms with Crippen LogP contribution in [-0.2, 0) is 16.1 Å². The lowest BCUT2D eigenvalue weighted by molar-refractivity contribution is -0.135. The largest absolute Gasteiger partial charge is 0.341 e. The summed E-state index contributed by atoms with van der Waals surface area (Å²) in [6.45, 7) is 4.63. The third kappa shape index (κ3) is 3.43. The second-order valence-electron chi connectivity index (χ2n) is 6.01. The Labute approximate surface area is 144 Å². The van der Waals surface area contributed by atoms with Crippen molar-refractivity contribution in [2.24, 2.45) is 5.92 Å². The number of hydrogen-bond acceptors (Lipinski definition) is 6. The molecule has 3 heterocycles. The number of pyridine rings is 1. The topological polar surface area (TPSA) is 79.3 Å². The molecule has 0 N–H and O–H groups in total. The van der Waals surface area contributed by atoms with Crippen molar-refractivity contribution in [3.8, 4) is 0 Å². The van der Waals surface area contributed by atoms with Gasteiger partial charge in [0.05, 0.1) is 5.92 Å². The Kier molecular flexibility index (Phi) is 4.57. The van der Waals surface area contributed by atoms with Crippen LogP contribution in [0.4, 0.5) is 5.13 Å². The van der Waals surface area contributed by atoms with Crippen LogP contribution in [0.1, 0.15) is 22.7 Å². The highest BCUT2D eigenvalue weighted by Gasteiger charge is 2.37. The van der Waals surface area contributed by atoms with E-state index in [-0.39, 0.29) is 24.2 Å². The van der Waals surface area contributed by atoms with E-state index in [0.29, 0.717) is 18.2 Å². The molecule has 2 aromatic rings. The molecule has 0 bridgehead atoms. The normalized spacial score (nSPS) is 17.4. The van der Waals surface area contributed by atoms with Gasteiger partial charge in [0.15, 0.2) is 0 Å². The molecule has 7 nitrogen and oxygen atoms in total. The standard InChI is InChI=1S/C16H19N5O2S/c1-10-6-12(4-5-17-10)8-20(3)15(23)13-7-14(22)21(9-13)16-19-18-11(2)24-16/h4-6,13H,7-9H2,1-3H3. The van der Waals surface area contributed by atoms with E-state index < -0.39 is 0 Å². The summed E-state index contributed by atoms with van der Waals surface area (Å²) in [5.74, 6) is -0.436. The van der Waals surface area contributed by atoms with Crippen molar-refractivity contribution >= 4 is 28.3 Å². The number of anilines is 1. The number of rotatable bonds is 4. The van der Waals surface area contributed by atoms with Crippen LogP contribution in [0.2, 0.25) is 0 Å². The predicted octanol–water partition coefficient (Wildman–Crippen LogP) is 1.56. The van der Waals surface area contributed by atoms with E-state index in [2.05, 4.69) is 15.2 Å². The Balaban J connectivity index is 1.66. The highest BCUT2D eigenvalue weighted by molar-refractivity contribution is 7.15. The smallest absolute Gasteiger partial charge is 0.229 e. The van der Waals surface area contributed by atoms with Crippen LogP contribution in [0.5, 0.6) is 0 Å². The lowest BCUT2D eigenvalue weighted by atomic mass is 10.1. The third-order valence-electron chi connectivity index (χ3n) is 3.98. The monoisotopic (exact) mass is 345 g/mol. The van der Waals surface area contributed by atoms with Gasteiger partial charge in [-0.15, -0.1) is 10.2 Å². The van der Waals surface area contributed by atoms with Gasteiger partial charge < -0.3 is 4.90 Å². The lowest BCUT2D eigenvalue weighted by Crippen LogP contribution is -2.34. The van der Waals surface area contributed by atoms with Gasteiger partial charge in [0.2, 0.25) is 16.9 Å². The van der Waals surface area contributed by atoms with Crippen LogP contribution in [0.25, 0.3) is 0 Å². The van der Waals surface area contributed by atoms with Crippen molar-refractivity contribution in [2.45, 2.75) is 26.8 Å². The molecule has 0 saturated carbocycles. The maximum Gasteiger partial charge on any atom is 0.229 e. The van der Waals surface area contributed by atoms with E-state index in [0.717, 1.165) is 16.3 Å². The molecule has 1 aliphatic heterocycles. The summed E-state index contributed by atoms with van der Waals surface area (Å²) >= 11 is 1.37. The van der Waals surface area contributed by atoms with E-state index in [1.165, 1.54) is 11.3 Å². The van der Waals surface area contributed by atoms with Crippen molar-refractivity contribution in [1.82, 2.24) is 20.1 Å². The van der Waals surface area contributed by atoms with E-state index in [1.54, 1.807) is 23.0 Å². The summed E-state index contributed by atoms with van der Waals surface area (Å²) in [6, 6.07) is 3.85. The minimum atomic E-state index is -0.338. The van der Waals surface area contributed by atoms with Crippen LogP contribution in [0, 0.1) is 19.8 Å². The number of aryl methyl sites for hydroxylation is 2. The average Bonchev–Trinajstić information content (AvgIpc) is 3.12. The van der Waals surface area contributed by atoms with Crippen LogP contribution in [0.15, 0.2) is 18.3 Å². The van der Waals surface area contributed by atoms with Crippen molar-refractivity contribution in [2.75, 3.05) is 18.5 Å². The zero-order chi connectivity index (χ0) is 17.3. The first kappa shape index (κ1) is 16.5. The molecule has 1 fully saturated rings. The van der Waals surface area contributed by atoms with Crippen molar-refractivity contribution in [3.05, 3.63) is 34.6 Å². The predicted molar refractivity (Wildman–Crippen MR) is 90.6 cm³/mol. The van der Waals surface area contributed by atoms with Gasteiger partial charge in [0.25, 0.3) is 0 Å². The fourth-order valence-corrected chi connectivity index (χ4v) is 3.53. The molecule has 1 unspecified atom stereocenters. The number of carbonyl (C=O) groups excluding carboxylic acids is 2. The molecular formula is C16H19N5O2S. The summed E-state index contributed by atoms with van der Waals surface area (Å²) in [4.78, 5) is 32.3. The molecular weight excluding hydrogens is 326 g/mol. The maximum atomic E-state index is 12.7. The van der Waals surface area contributed by atoms with Gasteiger partial charge in [-0.2, -0.15) is 0 Å². The van der Waals surface area contributed by atoms with Crippen LogP contribution in [-0.4, -0.2) is 45.5 Å². The highest BCUT2D eigenvalue weighted by Crippen LogP contribution is 2.28. The first-order valence-corrected chi connectivity index (χ1v) is 8.52. The van der Waals surface area contributed by atoms with E-state index in [9.17, 15) is 9.59 Å². The van der Waals surface area contributed by atoms with Gasteiger partial charge in [0, 0.05) is 38.4 Å². The fourth-order valence-electron chi connectivity index (χ4n) is 2.82. The van der Waals surface area contributed by atoms with Crippen LogP contribution >= 0.6 is 11.3 Å². The van der Waals surface area contributed by atoms with Crippen molar-refractivity contribution in [3.63, 3.8) is 0 Å². The fraction of sp³-hybridized carbons (Fsp3) is 0.438. The summed E-state index contributed by atoms with van der Waals surface area (Å²) in [7, 11) is 1.76. The Morgan fingerprint density at radius 1 is 1.42 bits per heavy atom. The van der Waals surface area contributed by atoms with Crippen LogP contribution in [0.3, 0.4) is 0 Å². The van der Waals surface area contributed by atoms with Gasteiger partial charge in [-0.05, 0) is 31.5 Å². The SMILES string of the molecule is Cc1cc(CN(C)C(=O)C2CC(=O)N(c3nnc(C)s3)C2)ccn1. The zero-order valence-electron chi connectivity index (χ0n) is 13.9. The molecule has 0 aromatic carbocycles. The van der Waals surface area contributed by atoms with E-state index >= 15 is 0 Å². The maximum absolute atomic E-state index is 12.7. The molecule has 1 aliphatic rings. The molecule has 0 radical (unpaired) electrons. The van der Waals surface area contributed by atoms with Gasteiger partial charge in [-0.1, -0.05) is 11.3 Å².